The third-order valence-electron chi connectivity index (χ3n) is 3.79. The van der Waals surface area contributed by atoms with Gasteiger partial charge in [-0.15, -0.1) is 0 Å². The maximum atomic E-state index is 12.6. The Kier molecular flexibility index (Phi) is 3.76. The summed E-state index contributed by atoms with van der Waals surface area (Å²) >= 11 is 6.14. The highest BCUT2D eigenvalue weighted by Crippen LogP contribution is 2.39. The standard InChI is InChI=1S/C15H17ClN2O3/c1-10-8-18(12-5-2-4-11(16)15(12)21-10)14(20)9-17-7-3-6-13(17)19/h2,4-5,10H,3,6-9H2,1H3/t10-/m1/s1. The van der Waals surface area contributed by atoms with Gasteiger partial charge in [-0.1, -0.05) is 17.7 Å². The van der Waals surface area contributed by atoms with E-state index in [1.165, 1.54) is 0 Å². The van der Waals surface area contributed by atoms with Gasteiger partial charge in [0.05, 0.1) is 17.3 Å². The van der Waals surface area contributed by atoms with Crippen LogP contribution >= 0.6 is 11.6 Å². The zero-order chi connectivity index (χ0) is 15.0. The fourth-order valence-corrected chi connectivity index (χ4v) is 2.99. The third kappa shape index (κ3) is 2.70. The highest BCUT2D eigenvalue weighted by Gasteiger charge is 2.31. The van der Waals surface area contributed by atoms with E-state index in [4.69, 9.17) is 16.3 Å². The molecule has 112 valence electrons. The molecule has 0 unspecified atom stereocenters. The van der Waals surface area contributed by atoms with Gasteiger partial charge < -0.3 is 14.5 Å². The SMILES string of the molecule is C[C@@H]1CN(C(=O)CN2CCCC2=O)c2cccc(Cl)c2O1. The number of rotatable bonds is 2. The molecule has 2 aliphatic heterocycles. The summed E-state index contributed by atoms with van der Waals surface area (Å²) in [4.78, 5) is 27.5. The number of carbonyl (C=O) groups is 2. The van der Waals surface area contributed by atoms with Gasteiger partial charge in [-0.25, -0.2) is 0 Å². The summed E-state index contributed by atoms with van der Waals surface area (Å²) in [6, 6.07) is 5.35. The first-order chi connectivity index (χ1) is 10.1. The Morgan fingerprint density at radius 2 is 2.29 bits per heavy atom. The Bertz CT molecular complexity index is 590. The second-order valence-corrected chi connectivity index (χ2v) is 5.85. The number of carbonyl (C=O) groups excluding carboxylic acids is 2. The van der Waals surface area contributed by atoms with Crippen molar-refractivity contribution in [2.24, 2.45) is 0 Å². The number of anilines is 1. The van der Waals surface area contributed by atoms with Crippen molar-refractivity contribution < 1.29 is 14.3 Å². The first kappa shape index (κ1) is 14.2. The Hall–Kier alpha value is -1.75. The van der Waals surface area contributed by atoms with Gasteiger partial charge in [0.15, 0.2) is 5.75 Å². The molecule has 1 aromatic carbocycles. The molecule has 1 saturated heterocycles. The Labute approximate surface area is 128 Å². The maximum absolute atomic E-state index is 12.6. The molecule has 5 nitrogen and oxygen atoms in total. The lowest BCUT2D eigenvalue weighted by molar-refractivity contribution is -0.132. The predicted octanol–water partition coefficient (Wildman–Crippen LogP) is 2.08. The lowest BCUT2D eigenvalue weighted by atomic mass is 10.2. The molecule has 0 aromatic heterocycles. The molecule has 6 heteroatoms. The number of para-hydroxylation sites is 1. The lowest BCUT2D eigenvalue weighted by Crippen LogP contribution is -2.47. The smallest absolute Gasteiger partial charge is 0.246 e. The zero-order valence-electron chi connectivity index (χ0n) is 11.8. The van der Waals surface area contributed by atoms with Crippen molar-refractivity contribution in [1.29, 1.82) is 0 Å². The second kappa shape index (κ2) is 5.56. The second-order valence-electron chi connectivity index (χ2n) is 5.44. The quantitative estimate of drug-likeness (QED) is 0.840. The molecule has 2 aliphatic rings. The van der Waals surface area contributed by atoms with Gasteiger partial charge >= 0.3 is 0 Å². The molecule has 0 radical (unpaired) electrons. The van der Waals surface area contributed by atoms with Crippen molar-refractivity contribution in [3.63, 3.8) is 0 Å². The van der Waals surface area contributed by atoms with Crippen LogP contribution in [-0.4, -0.2) is 42.5 Å². The summed E-state index contributed by atoms with van der Waals surface area (Å²) in [6.45, 7) is 3.14. The summed E-state index contributed by atoms with van der Waals surface area (Å²) in [6.07, 6.45) is 1.24. The van der Waals surface area contributed by atoms with Crippen molar-refractivity contribution in [2.45, 2.75) is 25.9 Å². The molecule has 0 aliphatic carbocycles. The largest absolute Gasteiger partial charge is 0.485 e. The predicted molar refractivity (Wildman–Crippen MR) is 79.7 cm³/mol. The summed E-state index contributed by atoms with van der Waals surface area (Å²) < 4.78 is 5.73. The van der Waals surface area contributed by atoms with Crippen molar-refractivity contribution in [3.8, 4) is 5.75 Å². The van der Waals surface area contributed by atoms with Crippen LogP contribution in [0.3, 0.4) is 0 Å². The Morgan fingerprint density at radius 1 is 1.48 bits per heavy atom. The lowest BCUT2D eigenvalue weighted by Gasteiger charge is -2.34. The Balaban J connectivity index is 1.84. The van der Waals surface area contributed by atoms with E-state index in [1.807, 2.05) is 13.0 Å². The minimum Gasteiger partial charge on any atom is -0.485 e. The molecule has 0 saturated carbocycles. The van der Waals surface area contributed by atoms with Gasteiger partial charge in [0.2, 0.25) is 11.8 Å². The molecule has 0 N–H and O–H groups in total. The number of nitrogens with zero attached hydrogens (tertiary/aromatic N) is 2. The van der Waals surface area contributed by atoms with Crippen molar-refractivity contribution in [2.75, 3.05) is 24.5 Å². The molecule has 1 aromatic rings. The van der Waals surface area contributed by atoms with E-state index in [0.29, 0.717) is 36.0 Å². The van der Waals surface area contributed by atoms with Crippen LogP contribution in [0, 0.1) is 0 Å². The Morgan fingerprint density at radius 3 is 3.00 bits per heavy atom. The zero-order valence-corrected chi connectivity index (χ0v) is 12.6. The van der Waals surface area contributed by atoms with Crippen LogP contribution in [0.25, 0.3) is 0 Å². The number of benzene rings is 1. The minimum absolute atomic E-state index is 0.0518. The van der Waals surface area contributed by atoms with Crippen molar-refractivity contribution in [3.05, 3.63) is 23.2 Å². The van der Waals surface area contributed by atoms with Gasteiger partial charge in [-0.05, 0) is 25.5 Å². The molecule has 21 heavy (non-hydrogen) atoms. The van der Waals surface area contributed by atoms with Crippen LogP contribution in [0.5, 0.6) is 5.75 Å². The molecular weight excluding hydrogens is 292 g/mol. The number of hydrogen-bond donors (Lipinski definition) is 0. The topological polar surface area (TPSA) is 49.9 Å². The molecular formula is C15H17ClN2O3. The van der Waals surface area contributed by atoms with E-state index in [-0.39, 0.29) is 24.5 Å². The number of likely N-dealkylation sites (tertiary alicyclic amines) is 1. The molecule has 1 fully saturated rings. The van der Waals surface area contributed by atoms with Crippen molar-refractivity contribution >= 4 is 29.1 Å². The van der Waals surface area contributed by atoms with Gasteiger partial charge in [0.25, 0.3) is 0 Å². The average Bonchev–Trinajstić information content (AvgIpc) is 2.84. The van der Waals surface area contributed by atoms with Crippen LogP contribution in [0.2, 0.25) is 5.02 Å². The van der Waals surface area contributed by atoms with Crippen LogP contribution in [0.15, 0.2) is 18.2 Å². The monoisotopic (exact) mass is 308 g/mol. The molecule has 1 atom stereocenters. The normalized spacial score (nSPS) is 21.2. The summed E-state index contributed by atoms with van der Waals surface area (Å²) in [7, 11) is 0. The minimum atomic E-state index is -0.129. The van der Waals surface area contributed by atoms with Crippen LogP contribution in [-0.2, 0) is 9.59 Å². The van der Waals surface area contributed by atoms with Gasteiger partial charge in [0, 0.05) is 13.0 Å². The first-order valence-electron chi connectivity index (χ1n) is 7.09. The molecule has 2 amide bonds. The van der Waals surface area contributed by atoms with Crippen LogP contribution in [0.1, 0.15) is 19.8 Å². The van der Waals surface area contributed by atoms with Gasteiger partial charge in [-0.3, -0.25) is 9.59 Å². The first-order valence-corrected chi connectivity index (χ1v) is 7.47. The van der Waals surface area contributed by atoms with Gasteiger partial charge in [0.1, 0.15) is 12.6 Å². The van der Waals surface area contributed by atoms with E-state index in [2.05, 4.69) is 0 Å². The van der Waals surface area contributed by atoms with E-state index >= 15 is 0 Å². The highest BCUT2D eigenvalue weighted by molar-refractivity contribution is 6.32. The fourth-order valence-electron chi connectivity index (χ4n) is 2.78. The third-order valence-corrected chi connectivity index (χ3v) is 4.09. The molecule has 0 spiro atoms. The number of ether oxygens (including phenoxy) is 1. The van der Waals surface area contributed by atoms with Gasteiger partial charge in [-0.2, -0.15) is 0 Å². The summed E-state index contributed by atoms with van der Waals surface area (Å²) in [5.41, 5.74) is 0.678. The van der Waals surface area contributed by atoms with Crippen molar-refractivity contribution in [1.82, 2.24) is 4.90 Å². The highest BCUT2D eigenvalue weighted by atomic mass is 35.5. The number of hydrogen-bond acceptors (Lipinski definition) is 3. The fraction of sp³-hybridized carbons (Fsp3) is 0.467. The van der Waals surface area contributed by atoms with E-state index in [0.717, 1.165) is 6.42 Å². The molecule has 3 rings (SSSR count). The molecule has 2 heterocycles. The number of fused-ring (bicyclic) bond motifs is 1. The summed E-state index contributed by atoms with van der Waals surface area (Å²) in [5.74, 6) is 0.499. The van der Waals surface area contributed by atoms with E-state index < -0.39 is 0 Å². The maximum Gasteiger partial charge on any atom is 0.246 e. The number of amides is 2. The van der Waals surface area contributed by atoms with E-state index in [9.17, 15) is 9.59 Å². The molecule has 0 bridgehead atoms. The van der Waals surface area contributed by atoms with E-state index in [1.54, 1.807) is 21.9 Å². The average molecular weight is 309 g/mol. The van der Waals surface area contributed by atoms with Crippen LogP contribution < -0.4 is 9.64 Å². The van der Waals surface area contributed by atoms with Crippen LogP contribution in [0.4, 0.5) is 5.69 Å². The number of halogens is 1. The summed E-state index contributed by atoms with van der Waals surface area (Å²) in [5, 5.41) is 0.495.